The lowest BCUT2D eigenvalue weighted by molar-refractivity contribution is -0.520. The SMILES string of the molecule is O=C(NC(C1CC1)C1CC1)c1[nH]c(Cc2ccc[nH+]c2)[n+]2ccccc12. The Balaban J connectivity index is 1.46. The van der Waals surface area contributed by atoms with Gasteiger partial charge in [-0.25, -0.2) is 9.97 Å². The highest BCUT2D eigenvalue weighted by molar-refractivity contribution is 5.98. The van der Waals surface area contributed by atoms with E-state index in [1.54, 1.807) is 0 Å². The molecule has 2 aliphatic rings. The average molecular weight is 348 g/mol. The molecule has 2 saturated carbocycles. The molecular weight excluding hydrogens is 324 g/mol. The monoisotopic (exact) mass is 348 g/mol. The standard InChI is InChI=1S/C21H22N4O/c26-21(24-19(15-6-7-15)16-8-9-16)20-17-5-1-2-11-25(17)18(23-20)12-14-4-3-10-22-13-14/h1-5,10-11,13,15-16,19H,6-9,12H2,(H,24,26)/p+2. The lowest BCUT2D eigenvalue weighted by Gasteiger charge is -2.16. The fourth-order valence-electron chi connectivity index (χ4n) is 3.94. The van der Waals surface area contributed by atoms with Crippen molar-refractivity contribution in [1.29, 1.82) is 0 Å². The minimum atomic E-state index is 0.0309. The number of aromatic amines is 2. The van der Waals surface area contributed by atoms with Crippen molar-refractivity contribution >= 4 is 11.4 Å². The molecule has 0 aliphatic heterocycles. The van der Waals surface area contributed by atoms with Crippen molar-refractivity contribution in [3.8, 4) is 0 Å². The first-order valence-corrected chi connectivity index (χ1v) is 9.57. The summed E-state index contributed by atoms with van der Waals surface area (Å²) in [7, 11) is 0. The highest BCUT2D eigenvalue weighted by atomic mass is 16.2. The molecular formula is C21H24N4O+2. The number of amides is 1. The van der Waals surface area contributed by atoms with Crippen LogP contribution in [0.1, 0.15) is 47.6 Å². The zero-order valence-corrected chi connectivity index (χ0v) is 14.7. The Morgan fingerprint density at radius 1 is 1.19 bits per heavy atom. The Morgan fingerprint density at radius 2 is 2.00 bits per heavy atom. The molecule has 5 heteroatoms. The fraction of sp³-hybridized carbons (Fsp3) is 0.381. The zero-order chi connectivity index (χ0) is 17.5. The minimum absolute atomic E-state index is 0.0309. The molecule has 0 unspecified atom stereocenters. The third-order valence-electron chi connectivity index (χ3n) is 5.60. The topological polar surface area (TPSA) is 63.1 Å². The number of hydrogen-bond donors (Lipinski definition) is 2. The number of nitrogens with zero attached hydrogens (tertiary/aromatic N) is 1. The number of rotatable bonds is 6. The molecule has 0 aromatic carbocycles. The van der Waals surface area contributed by atoms with Crippen molar-refractivity contribution in [1.82, 2.24) is 10.3 Å². The van der Waals surface area contributed by atoms with Gasteiger partial charge in [0.2, 0.25) is 5.69 Å². The summed E-state index contributed by atoms with van der Waals surface area (Å²) in [5.74, 6) is 2.43. The number of H-pyrrole nitrogens is 2. The molecule has 0 atom stereocenters. The summed E-state index contributed by atoms with van der Waals surface area (Å²) < 4.78 is 2.09. The fourth-order valence-corrected chi connectivity index (χ4v) is 3.94. The van der Waals surface area contributed by atoms with Crippen molar-refractivity contribution < 1.29 is 14.2 Å². The van der Waals surface area contributed by atoms with Gasteiger partial charge in [-0.2, -0.15) is 4.40 Å². The number of fused-ring (bicyclic) bond motifs is 1. The van der Waals surface area contributed by atoms with Crippen molar-refractivity contribution in [2.24, 2.45) is 11.8 Å². The molecule has 2 aliphatic carbocycles. The largest absolute Gasteiger partial charge is 0.345 e. The summed E-state index contributed by atoms with van der Waals surface area (Å²) in [6.45, 7) is 0. The summed E-state index contributed by atoms with van der Waals surface area (Å²) in [4.78, 5) is 19.6. The van der Waals surface area contributed by atoms with E-state index in [0.29, 0.717) is 23.6 Å². The second-order valence-electron chi connectivity index (χ2n) is 7.67. The van der Waals surface area contributed by atoms with Crippen molar-refractivity contribution in [2.45, 2.75) is 38.1 Å². The van der Waals surface area contributed by atoms with Crippen molar-refractivity contribution in [3.05, 3.63) is 66.0 Å². The first-order valence-electron chi connectivity index (χ1n) is 9.57. The Morgan fingerprint density at radius 3 is 2.69 bits per heavy atom. The van der Waals surface area contributed by atoms with E-state index in [9.17, 15) is 4.79 Å². The van der Waals surface area contributed by atoms with E-state index in [-0.39, 0.29) is 5.91 Å². The van der Waals surface area contributed by atoms with E-state index in [0.717, 1.165) is 17.8 Å². The quantitative estimate of drug-likeness (QED) is 0.658. The summed E-state index contributed by atoms with van der Waals surface area (Å²) >= 11 is 0. The Hall–Kier alpha value is -2.69. The van der Waals surface area contributed by atoms with Gasteiger partial charge in [-0.15, -0.1) is 0 Å². The molecule has 26 heavy (non-hydrogen) atoms. The molecule has 5 rings (SSSR count). The molecule has 3 aromatic rings. The lowest BCUT2D eigenvalue weighted by Crippen LogP contribution is -2.38. The molecule has 0 bridgehead atoms. The summed E-state index contributed by atoms with van der Waals surface area (Å²) in [6.07, 6.45) is 11.7. The number of hydrogen-bond acceptors (Lipinski definition) is 1. The Bertz CT molecular complexity index is 929. The van der Waals surface area contributed by atoms with Gasteiger partial charge in [-0.1, -0.05) is 6.07 Å². The van der Waals surface area contributed by atoms with E-state index in [1.165, 1.54) is 31.2 Å². The summed E-state index contributed by atoms with van der Waals surface area (Å²) in [5, 5.41) is 3.34. The molecule has 2 fully saturated rings. The number of carbonyl (C=O) groups is 1. The van der Waals surface area contributed by atoms with E-state index < -0.39 is 0 Å². The number of nitrogens with one attached hydrogen (secondary N) is 3. The van der Waals surface area contributed by atoms with E-state index in [4.69, 9.17) is 0 Å². The van der Waals surface area contributed by atoms with E-state index >= 15 is 0 Å². The molecule has 5 nitrogen and oxygen atoms in total. The van der Waals surface area contributed by atoms with Crippen molar-refractivity contribution in [2.75, 3.05) is 0 Å². The van der Waals surface area contributed by atoms with Crippen LogP contribution in [0.5, 0.6) is 0 Å². The van der Waals surface area contributed by atoms with Gasteiger partial charge in [0.05, 0.1) is 12.6 Å². The van der Waals surface area contributed by atoms with Crippen LogP contribution < -0.4 is 14.7 Å². The molecule has 1 amide bonds. The van der Waals surface area contributed by atoms with Crippen LogP contribution in [-0.2, 0) is 6.42 Å². The summed E-state index contributed by atoms with van der Waals surface area (Å²) in [5.41, 5.74) is 2.78. The molecule has 132 valence electrons. The first kappa shape index (κ1) is 15.6. The van der Waals surface area contributed by atoms with Crippen LogP contribution in [0.3, 0.4) is 0 Å². The maximum absolute atomic E-state index is 13.0. The Labute approximate surface area is 152 Å². The number of pyridine rings is 2. The van der Waals surface area contributed by atoms with Gasteiger partial charge in [0.1, 0.15) is 0 Å². The van der Waals surface area contributed by atoms with Gasteiger partial charge in [0.15, 0.2) is 17.9 Å². The third-order valence-corrected chi connectivity index (χ3v) is 5.60. The zero-order valence-electron chi connectivity index (χ0n) is 14.7. The van der Waals surface area contributed by atoms with Gasteiger partial charge in [-0.05, 0) is 55.7 Å². The van der Waals surface area contributed by atoms with Gasteiger partial charge in [0.25, 0.3) is 11.7 Å². The number of imidazole rings is 1. The second-order valence-corrected chi connectivity index (χ2v) is 7.67. The maximum Gasteiger partial charge on any atom is 0.295 e. The minimum Gasteiger partial charge on any atom is -0.345 e. The number of carbonyl (C=O) groups excluding carboxylic acids is 1. The van der Waals surface area contributed by atoms with Crippen molar-refractivity contribution in [3.63, 3.8) is 0 Å². The van der Waals surface area contributed by atoms with Gasteiger partial charge in [-0.3, -0.25) is 4.79 Å². The van der Waals surface area contributed by atoms with E-state index in [2.05, 4.69) is 25.8 Å². The van der Waals surface area contributed by atoms with Crippen LogP contribution >= 0.6 is 0 Å². The van der Waals surface area contributed by atoms with Gasteiger partial charge >= 0.3 is 0 Å². The predicted molar refractivity (Wildman–Crippen MR) is 96.5 cm³/mol. The Kier molecular flexibility index (Phi) is 3.73. The van der Waals surface area contributed by atoms with Crippen LogP contribution in [0.4, 0.5) is 0 Å². The third kappa shape index (κ3) is 2.98. The second kappa shape index (κ2) is 6.24. The summed E-state index contributed by atoms with van der Waals surface area (Å²) in [6, 6.07) is 10.4. The highest BCUT2D eigenvalue weighted by Gasteiger charge is 2.43. The highest BCUT2D eigenvalue weighted by Crippen LogP contribution is 2.44. The molecule has 3 heterocycles. The van der Waals surface area contributed by atoms with Crippen LogP contribution in [0.25, 0.3) is 5.52 Å². The van der Waals surface area contributed by atoms with Gasteiger partial charge in [0, 0.05) is 17.7 Å². The molecule has 3 N–H and O–H groups in total. The lowest BCUT2D eigenvalue weighted by atomic mass is 10.1. The average Bonchev–Trinajstić information content (AvgIpc) is 3.59. The van der Waals surface area contributed by atoms with E-state index in [1.807, 2.05) is 42.9 Å². The maximum atomic E-state index is 13.0. The normalized spacial score (nSPS) is 17.0. The molecule has 0 saturated heterocycles. The van der Waals surface area contributed by atoms with Crippen LogP contribution in [0, 0.1) is 11.8 Å². The first-order chi connectivity index (χ1) is 12.8. The molecule has 0 radical (unpaired) electrons. The molecule has 3 aromatic heterocycles. The number of aromatic nitrogens is 3. The predicted octanol–water partition coefficient (Wildman–Crippen LogP) is 2.08. The van der Waals surface area contributed by atoms with Crippen LogP contribution in [0.2, 0.25) is 0 Å². The van der Waals surface area contributed by atoms with Gasteiger partial charge < -0.3 is 5.32 Å². The smallest absolute Gasteiger partial charge is 0.295 e. The molecule has 0 spiro atoms. The van der Waals surface area contributed by atoms with Crippen LogP contribution in [0.15, 0.2) is 48.9 Å². The van der Waals surface area contributed by atoms with Crippen LogP contribution in [-0.4, -0.2) is 16.9 Å².